The number of ketones is 2. The quantitative estimate of drug-likeness (QED) is 0.303. The molecule has 2 saturated carbocycles. The number of carboxylic acids is 1. The molecule has 5 rings (SSSR count). The molecule has 3 fully saturated rings. The molecule has 5 aliphatic rings. The van der Waals surface area contributed by atoms with Crippen LogP contribution >= 0.6 is 0 Å². The van der Waals surface area contributed by atoms with Gasteiger partial charge in [0.15, 0.2) is 5.78 Å². The molecular formula is C30H42O8. The average Bonchev–Trinajstić information content (AvgIpc) is 3.48. The monoisotopic (exact) mass is 530 g/mol. The molecule has 0 aromatic rings. The number of carbonyl (C=O) groups is 3. The first-order valence-corrected chi connectivity index (χ1v) is 13.8. The van der Waals surface area contributed by atoms with Crippen LogP contribution in [0.4, 0.5) is 0 Å². The van der Waals surface area contributed by atoms with Crippen LogP contribution in [0.15, 0.2) is 23.3 Å². The van der Waals surface area contributed by atoms with Gasteiger partial charge in [0.1, 0.15) is 11.4 Å². The van der Waals surface area contributed by atoms with E-state index in [4.69, 9.17) is 4.74 Å². The van der Waals surface area contributed by atoms with Gasteiger partial charge in [-0.15, -0.1) is 0 Å². The van der Waals surface area contributed by atoms with E-state index in [1.807, 2.05) is 6.92 Å². The van der Waals surface area contributed by atoms with Crippen LogP contribution in [0.25, 0.3) is 0 Å². The fraction of sp³-hybridized carbons (Fsp3) is 0.767. The van der Waals surface area contributed by atoms with Gasteiger partial charge >= 0.3 is 5.97 Å². The molecule has 0 bridgehead atoms. The number of aliphatic carboxylic acids is 1. The molecule has 0 aromatic carbocycles. The molecule has 4 N–H and O–H groups in total. The first kappa shape index (κ1) is 27.7. The topological polar surface area (TPSA) is 145 Å². The summed E-state index contributed by atoms with van der Waals surface area (Å²) in [6.45, 7) is 12.8. The number of epoxide rings is 1. The summed E-state index contributed by atoms with van der Waals surface area (Å²) in [5.41, 5.74) is -4.70. The van der Waals surface area contributed by atoms with E-state index < -0.39 is 57.3 Å². The first-order chi connectivity index (χ1) is 17.3. The number of aliphatic hydroxyl groups is 3. The molecule has 1 saturated heterocycles. The van der Waals surface area contributed by atoms with E-state index in [1.165, 1.54) is 19.9 Å². The number of fused-ring (bicyclic) bond motifs is 3. The Labute approximate surface area is 224 Å². The van der Waals surface area contributed by atoms with Gasteiger partial charge in [0, 0.05) is 18.3 Å². The lowest BCUT2D eigenvalue weighted by atomic mass is 9.40. The smallest absolute Gasteiger partial charge is 0.306 e. The fourth-order valence-corrected chi connectivity index (χ4v) is 9.23. The maximum Gasteiger partial charge on any atom is 0.306 e. The Balaban J connectivity index is 1.57. The van der Waals surface area contributed by atoms with E-state index in [0.29, 0.717) is 19.3 Å². The van der Waals surface area contributed by atoms with Crippen LogP contribution < -0.4 is 0 Å². The minimum absolute atomic E-state index is 0.0920. The molecule has 0 radical (unpaired) electrons. The molecule has 0 amide bonds. The number of allylic oxidation sites excluding steroid dienone is 1. The van der Waals surface area contributed by atoms with Crippen molar-refractivity contribution in [2.24, 2.45) is 33.5 Å². The summed E-state index contributed by atoms with van der Waals surface area (Å²) >= 11 is 0. The Hall–Kier alpha value is -1.87. The lowest BCUT2D eigenvalue weighted by Crippen LogP contribution is -2.66. The predicted octanol–water partition coefficient (Wildman–Crippen LogP) is 2.97. The molecule has 4 aliphatic carbocycles. The van der Waals surface area contributed by atoms with E-state index in [9.17, 15) is 34.8 Å². The summed E-state index contributed by atoms with van der Waals surface area (Å²) in [6, 6.07) is 0. The van der Waals surface area contributed by atoms with Crippen molar-refractivity contribution in [2.45, 2.75) is 110 Å². The number of hydrogen-bond acceptors (Lipinski definition) is 7. The summed E-state index contributed by atoms with van der Waals surface area (Å²) in [4.78, 5) is 38.2. The predicted molar refractivity (Wildman–Crippen MR) is 138 cm³/mol. The van der Waals surface area contributed by atoms with Crippen LogP contribution in [0.1, 0.15) is 80.6 Å². The van der Waals surface area contributed by atoms with Crippen LogP contribution in [-0.4, -0.2) is 67.5 Å². The molecule has 1 aliphatic heterocycles. The van der Waals surface area contributed by atoms with E-state index in [-0.39, 0.29) is 41.6 Å². The summed E-state index contributed by atoms with van der Waals surface area (Å²) in [6.07, 6.45) is 2.83. The molecule has 10 atom stereocenters. The number of ether oxygens (including phenoxy) is 1. The molecule has 1 spiro atoms. The summed E-state index contributed by atoms with van der Waals surface area (Å²) in [7, 11) is 0. The van der Waals surface area contributed by atoms with Gasteiger partial charge in [0.25, 0.3) is 0 Å². The highest BCUT2D eigenvalue weighted by Crippen LogP contribution is 2.79. The summed E-state index contributed by atoms with van der Waals surface area (Å²) in [5.74, 6) is -2.55. The molecular weight excluding hydrogens is 488 g/mol. The van der Waals surface area contributed by atoms with Gasteiger partial charge in [-0.05, 0) is 67.1 Å². The molecule has 210 valence electrons. The molecule has 8 nitrogen and oxygen atoms in total. The van der Waals surface area contributed by atoms with Crippen molar-refractivity contribution >= 4 is 17.5 Å². The second-order valence-electron chi connectivity index (χ2n) is 14.1. The highest BCUT2D eigenvalue weighted by molar-refractivity contribution is 6.02. The number of carbonyl (C=O) groups excluding carboxylic acids is 2. The van der Waals surface area contributed by atoms with Crippen molar-refractivity contribution in [1.82, 2.24) is 0 Å². The summed E-state index contributed by atoms with van der Waals surface area (Å²) in [5, 5.41) is 43.3. The van der Waals surface area contributed by atoms with Crippen LogP contribution in [0.2, 0.25) is 0 Å². The fourth-order valence-electron chi connectivity index (χ4n) is 9.23. The second kappa shape index (κ2) is 7.87. The minimum Gasteiger partial charge on any atom is -0.481 e. The van der Waals surface area contributed by atoms with Crippen molar-refractivity contribution in [3.8, 4) is 0 Å². The number of aliphatic hydroxyl groups excluding tert-OH is 2. The Morgan fingerprint density at radius 2 is 1.82 bits per heavy atom. The van der Waals surface area contributed by atoms with Crippen molar-refractivity contribution in [3.63, 3.8) is 0 Å². The largest absolute Gasteiger partial charge is 0.481 e. The standard InChI is InChI=1S/C30H42O8/c1-15(24(35)36)10-16(31)14-27(5,37)19-12-22(34)29(7)28(19,6)21(33)11-18-26(4)9-8-20(32)25(2,3)17(26)13-23-30(18,29)38-23/h11-12,15,17,20,22-23,32,34,37H,8-10,13-14H2,1-7H3,(H,35,36)/t15?,17?,20-,22+,23-,26-,27?,28-,29+,30+/m0/s1. The van der Waals surface area contributed by atoms with Gasteiger partial charge < -0.3 is 25.2 Å². The van der Waals surface area contributed by atoms with Gasteiger partial charge in [-0.25, -0.2) is 0 Å². The number of hydrogen-bond donors (Lipinski definition) is 4. The van der Waals surface area contributed by atoms with Crippen LogP contribution in [-0.2, 0) is 19.1 Å². The van der Waals surface area contributed by atoms with Gasteiger partial charge in [-0.1, -0.05) is 40.7 Å². The molecule has 38 heavy (non-hydrogen) atoms. The van der Waals surface area contributed by atoms with Gasteiger partial charge in [0.2, 0.25) is 0 Å². The molecule has 0 aromatic heterocycles. The van der Waals surface area contributed by atoms with E-state index in [2.05, 4.69) is 20.8 Å². The normalized spacial score (nSPS) is 46.8. The van der Waals surface area contributed by atoms with Crippen LogP contribution in [0.5, 0.6) is 0 Å². The zero-order valence-electron chi connectivity index (χ0n) is 23.5. The third-order valence-electron chi connectivity index (χ3n) is 11.8. The van der Waals surface area contributed by atoms with E-state index >= 15 is 0 Å². The lowest BCUT2D eigenvalue weighted by Gasteiger charge is -2.62. The molecule has 8 heteroatoms. The van der Waals surface area contributed by atoms with Crippen molar-refractivity contribution < 1.29 is 39.5 Å². The van der Waals surface area contributed by atoms with Crippen LogP contribution in [0.3, 0.4) is 0 Å². The zero-order chi connectivity index (χ0) is 28.4. The van der Waals surface area contributed by atoms with Crippen LogP contribution in [0, 0.1) is 33.5 Å². The van der Waals surface area contributed by atoms with E-state index in [0.717, 1.165) is 5.57 Å². The van der Waals surface area contributed by atoms with Crippen molar-refractivity contribution in [2.75, 3.05) is 0 Å². The van der Waals surface area contributed by atoms with Gasteiger partial charge in [-0.3, -0.25) is 14.4 Å². The number of carboxylic acid groups (broad SMARTS) is 1. The highest BCUT2D eigenvalue weighted by atomic mass is 16.6. The Kier molecular flexibility index (Phi) is 5.73. The lowest BCUT2D eigenvalue weighted by molar-refractivity contribution is -0.146. The SMILES string of the molecule is CC(CC(=O)CC(C)(O)C1=C[C@@H](O)[C@]2(C)[C@]1(C)C(=O)C=C1[C@]23O[C@H]3CC2C(C)(C)[C@@H](O)CC[C@]12C)C(=O)O. The third-order valence-corrected chi connectivity index (χ3v) is 11.8. The third kappa shape index (κ3) is 3.09. The average molecular weight is 531 g/mol. The first-order valence-electron chi connectivity index (χ1n) is 13.8. The van der Waals surface area contributed by atoms with Crippen molar-refractivity contribution in [1.29, 1.82) is 0 Å². The summed E-state index contributed by atoms with van der Waals surface area (Å²) < 4.78 is 6.57. The zero-order valence-corrected chi connectivity index (χ0v) is 23.5. The van der Waals surface area contributed by atoms with E-state index in [1.54, 1.807) is 13.0 Å². The second-order valence-corrected chi connectivity index (χ2v) is 14.1. The number of rotatable bonds is 6. The number of Topliss-reactive ketones (excluding diaryl/α,β-unsaturated/α-hetero) is 1. The maximum atomic E-state index is 14.2. The van der Waals surface area contributed by atoms with Gasteiger partial charge in [-0.2, -0.15) is 0 Å². The molecule has 1 heterocycles. The Morgan fingerprint density at radius 3 is 2.42 bits per heavy atom. The molecule has 3 unspecified atom stereocenters. The maximum absolute atomic E-state index is 14.2. The minimum atomic E-state index is -1.76. The van der Waals surface area contributed by atoms with Gasteiger partial charge in [0.05, 0.1) is 35.2 Å². The highest BCUT2D eigenvalue weighted by Gasteiger charge is 2.85. The Morgan fingerprint density at radius 1 is 1.18 bits per heavy atom. The Bertz CT molecular complexity index is 1180. The van der Waals surface area contributed by atoms with Crippen molar-refractivity contribution in [3.05, 3.63) is 23.3 Å².